The molecule has 0 bridgehead atoms. The van der Waals surface area contributed by atoms with Crippen LogP contribution in [0.15, 0.2) is 37.2 Å². The molecule has 0 aliphatic carbocycles. The fourth-order valence-electron chi connectivity index (χ4n) is 5.89. The second kappa shape index (κ2) is 14.3. The minimum Gasteiger partial charge on any atom is -0.495 e. The summed E-state index contributed by atoms with van der Waals surface area (Å²) in [6.45, 7) is 9.89. The number of ether oxygens (including phenoxy) is 3. The third kappa shape index (κ3) is 6.80. The first-order valence-corrected chi connectivity index (χ1v) is 16.1. The van der Waals surface area contributed by atoms with Crippen LogP contribution in [0.1, 0.15) is 18.5 Å². The molecule has 0 spiro atoms. The van der Waals surface area contributed by atoms with Gasteiger partial charge < -0.3 is 29.7 Å². The Morgan fingerprint density at radius 3 is 2.54 bits per heavy atom. The molecule has 14 heteroatoms. The zero-order valence-electron chi connectivity index (χ0n) is 26.0. The van der Waals surface area contributed by atoms with E-state index in [-0.39, 0.29) is 5.91 Å². The molecule has 5 heterocycles. The Bertz CT molecular complexity index is 1710. The number of nitrogens with one attached hydrogen (secondary N) is 2. The molecule has 1 amide bonds. The van der Waals surface area contributed by atoms with Crippen molar-refractivity contribution in [2.45, 2.75) is 19.3 Å². The highest BCUT2D eigenvalue weighted by Gasteiger charge is 2.22. The SMILES string of the molecule is C=CC(=O)N1CCN(CCCc2cn3c(n2)c(Nc2c(Cl)c(OC)cc(OC)c2Cl)cc2cnc(NCC4CCOC4)nc23)CC1. The number of piperazine rings is 1. The van der Waals surface area contributed by atoms with Gasteiger partial charge in [0.05, 0.1) is 37.9 Å². The largest absolute Gasteiger partial charge is 0.495 e. The number of hydrogen-bond acceptors (Lipinski definition) is 10. The fourth-order valence-corrected chi connectivity index (χ4v) is 6.48. The Kier molecular flexibility index (Phi) is 9.98. The number of amides is 1. The molecule has 12 nitrogen and oxygen atoms in total. The van der Waals surface area contributed by atoms with Gasteiger partial charge in [0.1, 0.15) is 21.5 Å². The van der Waals surface area contributed by atoms with Gasteiger partial charge in [0, 0.05) is 69.1 Å². The van der Waals surface area contributed by atoms with Crippen molar-refractivity contribution in [3.63, 3.8) is 0 Å². The molecular formula is C32H38Cl2N8O4. The Hall–Kier alpha value is -3.84. The number of aromatic nitrogens is 4. The smallest absolute Gasteiger partial charge is 0.246 e. The predicted molar refractivity (Wildman–Crippen MR) is 180 cm³/mol. The third-order valence-electron chi connectivity index (χ3n) is 8.49. The summed E-state index contributed by atoms with van der Waals surface area (Å²) in [6.07, 6.45) is 7.91. The summed E-state index contributed by atoms with van der Waals surface area (Å²) in [6, 6.07) is 3.59. The lowest BCUT2D eigenvalue weighted by atomic mass is 10.1. The molecule has 3 aromatic heterocycles. The third-order valence-corrected chi connectivity index (χ3v) is 9.24. The zero-order valence-corrected chi connectivity index (χ0v) is 27.5. The van der Waals surface area contributed by atoms with E-state index in [4.69, 9.17) is 47.4 Å². The molecule has 0 radical (unpaired) electrons. The molecule has 6 rings (SSSR count). The quantitative estimate of drug-likeness (QED) is 0.198. The van der Waals surface area contributed by atoms with Crippen LogP contribution in [-0.2, 0) is 16.0 Å². The highest BCUT2D eigenvalue weighted by molar-refractivity contribution is 6.41. The molecule has 2 saturated heterocycles. The van der Waals surface area contributed by atoms with E-state index in [0.29, 0.717) is 63.5 Å². The first-order valence-electron chi connectivity index (χ1n) is 15.4. The summed E-state index contributed by atoms with van der Waals surface area (Å²) in [7, 11) is 3.08. The van der Waals surface area contributed by atoms with E-state index in [1.165, 1.54) is 20.3 Å². The number of methoxy groups -OCH3 is 2. The minimum absolute atomic E-state index is 0.00863. The van der Waals surface area contributed by atoms with Crippen molar-refractivity contribution in [2.75, 3.05) is 77.3 Å². The van der Waals surface area contributed by atoms with Crippen LogP contribution in [0.25, 0.3) is 16.7 Å². The van der Waals surface area contributed by atoms with Gasteiger partial charge in [-0.15, -0.1) is 0 Å². The molecule has 0 saturated carbocycles. The number of pyridine rings is 1. The molecule has 2 aliphatic heterocycles. The summed E-state index contributed by atoms with van der Waals surface area (Å²) >= 11 is 13.5. The van der Waals surface area contributed by atoms with Crippen molar-refractivity contribution in [1.82, 2.24) is 29.2 Å². The minimum atomic E-state index is -0.00863. The lowest BCUT2D eigenvalue weighted by Crippen LogP contribution is -2.48. The molecule has 1 atom stereocenters. The van der Waals surface area contributed by atoms with Crippen LogP contribution in [0.3, 0.4) is 0 Å². The van der Waals surface area contributed by atoms with Gasteiger partial charge in [0.25, 0.3) is 0 Å². The van der Waals surface area contributed by atoms with Gasteiger partial charge in [-0.05, 0) is 37.9 Å². The highest BCUT2D eigenvalue weighted by Crippen LogP contribution is 2.45. The van der Waals surface area contributed by atoms with Crippen molar-refractivity contribution >= 4 is 63.1 Å². The summed E-state index contributed by atoms with van der Waals surface area (Å²) < 4.78 is 18.5. The van der Waals surface area contributed by atoms with Crippen LogP contribution in [0.5, 0.6) is 11.5 Å². The Morgan fingerprint density at radius 2 is 1.87 bits per heavy atom. The molecule has 1 unspecified atom stereocenters. The number of rotatable bonds is 12. The summed E-state index contributed by atoms with van der Waals surface area (Å²) in [4.78, 5) is 30.7. The van der Waals surface area contributed by atoms with E-state index in [0.717, 1.165) is 75.4 Å². The number of hydrogen-bond donors (Lipinski definition) is 2. The van der Waals surface area contributed by atoms with Crippen molar-refractivity contribution < 1.29 is 19.0 Å². The van der Waals surface area contributed by atoms with E-state index in [2.05, 4.69) is 27.1 Å². The van der Waals surface area contributed by atoms with Crippen LogP contribution in [0.4, 0.5) is 17.3 Å². The molecule has 4 aromatic rings. The van der Waals surface area contributed by atoms with Gasteiger partial charge in [0.2, 0.25) is 11.9 Å². The van der Waals surface area contributed by atoms with E-state index in [1.807, 2.05) is 21.6 Å². The fraction of sp³-hybridized carbons (Fsp3) is 0.438. The summed E-state index contributed by atoms with van der Waals surface area (Å²) in [5.41, 5.74) is 3.43. The van der Waals surface area contributed by atoms with Crippen LogP contribution >= 0.6 is 23.2 Å². The van der Waals surface area contributed by atoms with E-state index in [9.17, 15) is 4.79 Å². The van der Waals surface area contributed by atoms with Crippen LogP contribution in [-0.4, -0.2) is 102 Å². The van der Waals surface area contributed by atoms with Gasteiger partial charge in [-0.1, -0.05) is 29.8 Å². The van der Waals surface area contributed by atoms with Gasteiger partial charge >= 0.3 is 0 Å². The molecule has 46 heavy (non-hydrogen) atoms. The number of imidazole rings is 1. The van der Waals surface area contributed by atoms with E-state index in [1.54, 1.807) is 12.3 Å². The number of fused-ring (bicyclic) bond motifs is 3. The average molecular weight is 670 g/mol. The van der Waals surface area contributed by atoms with Crippen LogP contribution in [0.2, 0.25) is 10.0 Å². The lowest BCUT2D eigenvalue weighted by Gasteiger charge is -2.34. The standard InChI is InChI=1S/C32H38Cl2N8O4/c1-4-26(43)41-11-9-40(10-12-41)8-5-6-22-18-42-30-21(17-36-32(39-30)35-16-20-7-13-46-19-20)14-23(31(42)37-22)38-29-27(33)24(44-2)15-25(45-3)28(29)34/h4,14-15,17-18,20,38H,1,5-13,16,19H2,2-3H3,(H,35,36,39). The average Bonchev–Trinajstić information content (AvgIpc) is 3.76. The molecule has 2 fully saturated rings. The second-order valence-electron chi connectivity index (χ2n) is 11.5. The highest BCUT2D eigenvalue weighted by atomic mass is 35.5. The second-order valence-corrected chi connectivity index (χ2v) is 12.2. The number of halogens is 2. The monoisotopic (exact) mass is 668 g/mol. The predicted octanol–water partition coefficient (Wildman–Crippen LogP) is 5.06. The van der Waals surface area contributed by atoms with Crippen molar-refractivity contribution in [2.24, 2.45) is 5.92 Å². The molecule has 2 aliphatic rings. The number of aryl methyl sites for hydroxylation is 1. The van der Waals surface area contributed by atoms with Gasteiger partial charge in [-0.3, -0.25) is 14.1 Å². The van der Waals surface area contributed by atoms with Gasteiger partial charge in [0.15, 0.2) is 11.3 Å². The van der Waals surface area contributed by atoms with Crippen molar-refractivity contribution in [3.8, 4) is 11.5 Å². The Balaban J connectivity index is 1.29. The van der Waals surface area contributed by atoms with Crippen LogP contribution < -0.4 is 20.1 Å². The number of carbonyl (C=O) groups is 1. The van der Waals surface area contributed by atoms with Crippen molar-refractivity contribution in [1.29, 1.82) is 0 Å². The van der Waals surface area contributed by atoms with Crippen molar-refractivity contribution in [3.05, 3.63) is 52.9 Å². The first-order chi connectivity index (χ1) is 22.4. The molecular weight excluding hydrogens is 631 g/mol. The maximum Gasteiger partial charge on any atom is 0.246 e. The number of nitrogens with zero attached hydrogens (tertiary/aromatic N) is 6. The lowest BCUT2D eigenvalue weighted by molar-refractivity contribution is -0.127. The number of anilines is 3. The molecule has 1 aromatic carbocycles. The topological polar surface area (TPSA) is 118 Å². The molecule has 244 valence electrons. The number of carbonyl (C=O) groups excluding carboxylic acids is 1. The Morgan fingerprint density at radius 1 is 1.11 bits per heavy atom. The first kappa shape index (κ1) is 32.1. The van der Waals surface area contributed by atoms with Crippen LogP contribution in [0, 0.1) is 5.92 Å². The van der Waals surface area contributed by atoms with Gasteiger partial charge in [-0.2, -0.15) is 4.98 Å². The van der Waals surface area contributed by atoms with Gasteiger partial charge in [-0.25, -0.2) is 9.97 Å². The maximum atomic E-state index is 11.9. The summed E-state index contributed by atoms with van der Waals surface area (Å²) in [5, 5.41) is 8.23. The number of benzene rings is 1. The van der Waals surface area contributed by atoms with E-state index >= 15 is 0 Å². The van der Waals surface area contributed by atoms with E-state index < -0.39 is 0 Å². The summed E-state index contributed by atoms with van der Waals surface area (Å²) in [5.74, 6) is 1.82. The maximum absolute atomic E-state index is 11.9. The zero-order chi connectivity index (χ0) is 32.2. The molecule has 2 N–H and O–H groups in total. The normalized spacial score (nSPS) is 17.0. The Labute approximate surface area is 277 Å².